The number of thioether (sulfide) groups is 1. The van der Waals surface area contributed by atoms with Gasteiger partial charge >= 0.3 is 5.97 Å². The Labute approximate surface area is 202 Å². The van der Waals surface area contributed by atoms with Crippen molar-refractivity contribution in [3.8, 4) is 5.75 Å². The highest BCUT2D eigenvalue weighted by Gasteiger charge is 2.38. The molecule has 0 radical (unpaired) electrons. The topological polar surface area (TPSA) is 95.9 Å². The lowest BCUT2D eigenvalue weighted by Crippen LogP contribution is -2.41. The summed E-state index contributed by atoms with van der Waals surface area (Å²) in [5.41, 5.74) is 2.30. The molecule has 1 atom stereocenters. The Bertz CT molecular complexity index is 1120. The first kappa shape index (κ1) is 24.0. The molecule has 1 aliphatic heterocycles. The molecule has 166 valence electrons. The SMILES string of the molecule is Cc1ccc(NC(=O)COc2ccc(Br)cc2/C=C2\SC(=S)N(C(C)C(=O)O)C2=O)cc1. The average molecular weight is 535 g/mol. The minimum absolute atomic E-state index is 0.172. The van der Waals surface area contributed by atoms with Gasteiger partial charge in [-0.25, -0.2) is 4.79 Å². The van der Waals surface area contributed by atoms with Crippen LogP contribution in [-0.4, -0.2) is 44.8 Å². The molecule has 3 rings (SSSR count). The van der Waals surface area contributed by atoms with Crippen molar-refractivity contribution < 1.29 is 24.2 Å². The summed E-state index contributed by atoms with van der Waals surface area (Å²) in [6.07, 6.45) is 1.58. The van der Waals surface area contributed by atoms with Crippen LogP contribution in [-0.2, 0) is 14.4 Å². The van der Waals surface area contributed by atoms with Crippen LogP contribution >= 0.6 is 39.9 Å². The van der Waals surface area contributed by atoms with Gasteiger partial charge in [0.2, 0.25) is 0 Å². The van der Waals surface area contributed by atoms with Gasteiger partial charge in [0.15, 0.2) is 6.61 Å². The summed E-state index contributed by atoms with van der Waals surface area (Å²) in [6, 6.07) is 11.5. The quantitative estimate of drug-likeness (QED) is 0.400. The number of anilines is 1. The third-order valence-corrected chi connectivity index (χ3v) is 6.34. The van der Waals surface area contributed by atoms with Crippen LogP contribution in [0.15, 0.2) is 51.8 Å². The number of carboxylic acid groups (broad SMARTS) is 1. The molecular formula is C22H19BrN2O5S2. The molecule has 1 saturated heterocycles. The highest BCUT2D eigenvalue weighted by Crippen LogP contribution is 2.36. The zero-order valence-corrected chi connectivity index (χ0v) is 20.3. The van der Waals surface area contributed by atoms with Gasteiger partial charge in [-0.15, -0.1) is 0 Å². The summed E-state index contributed by atoms with van der Waals surface area (Å²) in [7, 11) is 0. The lowest BCUT2D eigenvalue weighted by atomic mass is 10.1. The molecule has 2 N–H and O–H groups in total. The Balaban J connectivity index is 1.76. The number of hydrogen-bond donors (Lipinski definition) is 2. The third kappa shape index (κ3) is 5.76. The maximum atomic E-state index is 12.7. The molecule has 0 aromatic heterocycles. The average Bonchev–Trinajstić information content (AvgIpc) is 3.01. The maximum absolute atomic E-state index is 12.7. The van der Waals surface area contributed by atoms with Gasteiger partial charge in [-0.1, -0.05) is 57.6 Å². The minimum Gasteiger partial charge on any atom is -0.483 e. The number of amides is 2. The van der Waals surface area contributed by atoms with Gasteiger partial charge in [0.25, 0.3) is 11.8 Å². The second-order valence-electron chi connectivity index (χ2n) is 6.95. The molecule has 1 heterocycles. The zero-order valence-electron chi connectivity index (χ0n) is 17.1. The number of nitrogens with one attached hydrogen (secondary N) is 1. The molecule has 2 aromatic carbocycles. The molecule has 0 spiro atoms. The Hall–Kier alpha value is -2.69. The Morgan fingerprint density at radius 2 is 1.97 bits per heavy atom. The van der Waals surface area contributed by atoms with Crippen LogP contribution in [0.3, 0.4) is 0 Å². The number of aliphatic carboxylic acids is 1. The summed E-state index contributed by atoms with van der Waals surface area (Å²) in [6.45, 7) is 3.13. The van der Waals surface area contributed by atoms with Crippen LogP contribution in [0, 0.1) is 6.92 Å². The van der Waals surface area contributed by atoms with Crippen LogP contribution in [0.25, 0.3) is 6.08 Å². The highest BCUT2D eigenvalue weighted by molar-refractivity contribution is 9.10. The van der Waals surface area contributed by atoms with Crippen molar-refractivity contribution in [2.45, 2.75) is 19.9 Å². The molecule has 32 heavy (non-hydrogen) atoms. The smallest absolute Gasteiger partial charge is 0.326 e. The van der Waals surface area contributed by atoms with Crippen molar-refractivity contribution in [1.82, 2.24) is 4.90 Å². The zero-order chi connectivity index (χ0) is 23.4. The van der Waals surface area contributed by atoms with E-state index in [-0.39, 0.29) is 21.7 Å². The molecule has 0 saturated carbocycles. The monoisotopic (exact) mass is 534 g/mol. The summed E-state index contributed by atoms with van der Waals surface area (Å²) in [4.78, 5) is 37.6. The predicted molar refractivity (Wildman–Crippen MR) is 132 cm³/mol. The fourth-order valence-electron chi connectivity index (χ4n) is 2.81. The third-order valence-electron chi connectivity index (χ3n) is 4.52. The van der Waals surface area contributed by atoms with Gasteiger partial charge in [-0.05, 0) is 50.3 Å². The Kier molecular flexibility index (Phi) is 7.70. The number of nitrogens with zero attached hydrogens (tertiary/aromatic N) is 1. The van der Waals surface area contributed by atoms with E-state index in [1.54, 1.807) is 36.4 Å². The largest absolute Gasteiger partial charge is 0.483 e. The Morgan fingerprint density at radius 1 is 1.28 bits per heavy atom. The van der Waals surface area contributed by atoms with Crippen LogP contribution < -0.4 is 10.1 Å². The molecule has 1 fully saturated rings. The van der Waals surface area contributed by atoms with Crippen LogP contribution in [0.1, 0.15) is 18.1 Å². The number of rotatable bonds is 7. The number of halogens is 1. The summed E-state index contributed by atoms with van der Waals surface area (Å²) in [5.74, 6) is -1.57. The van der Waals surface area contributed by atoms with Crippen molar-refractivity contribution in [3.63, 3.8) is 0 Å². The molecule has 0 bridgehead atoms. The minimum atomic E-state index is -1.14. The van der Waals surface area contributed by atoms with Crippen molar-refractivity contribution in [3.05, 3.63) is 63.0 Å². The van der Waals surface area contributed by atoms with E-state index in [9.17, 15) is 19.5 Å². The summed E-state index contributed by atoms with van der Waals surface area (Å²) >= 11 is 9.60. The van der Waals surface area contributed by atoms with E-state index in [4.69, 9.17) is 17.0 Å². The van der Waals surface area contributed by atoms with E-state index in [1.807, 2.05) is 19.1 Å². The van der Waals surface area contributed by atoms with Crippen molar-refractivity contribution in [1.29, 1.82) is 0 Å². The lowest BCUT2D eigenvalue weighted by molar-refractivity contribution is -0.144. The van der Waals surface area contributed by atoms with Gasteiger partial charge in [-0.2, -0.15) is 0 Å². The normalized spacial score (nSPS) is 15.7. The van der Waals surface area contributed by atoms with Gasteiger partial charge in [0, 0.05) is 15.7 Å². The Morgan fingerprint density at radius 3 is 2.62 bits per heavy atom. The number of benzene rings is 2. The van der Waals surface area contributed by atoms with E-state index in [2.05, 4.69) is 21.2 Å². The molecular weight excluding hydrogens is 516 g/mol. The molecule has 1 aliphatic rings. The molecule has 10 heteroatoms. The number of carboxylic acids is 1. The van der Waals surface area contributed by atoms with Gasteiger partial charge in [0.1, 0.15) is 16.1 Å². The lowest BCUT2D eigenvalue weighted by Gasteiger charge is -2.18. The first-order chi connectivity index (χ1) is 15.2. The van der Waals surface area contributed by atoms with Crippen LogP contribution in [0.5, 0.6) is 5.75 Å². The second-order valence-corrected chi connectivity index (χ2v) is 9.54. The molecule has 1 unspecified atom stereocenters. The predicted octanol–water partition coefficient (Wildman–Crippen LogP) is 4.45. The molecule has 0 aliphatic carbocycles. The molecule has 2 amide bonds. The number of hydrogen-bond acceptors (Lipinski definition) is 6. The van der Waals surface area contributed by atoms with Gasteiger partial charge in [0.05, 0.1) is 4.91 Å². The fourth-order valence-corrected chi connectivity index (χ4v) is 4.59. The number of carbonyl (C=O) groups is 3. The fraction of sp³-hybridized carbons (Fsp3) is 0.182. The van der Waals surface area contributed by atoms with Crippen LogP contribution in [0.4, 0.5) is 5.69 Å². The standard InChI is InChI=1S/C22H19BrN2O5S2/c1-12-3-6-16(7-4-12)24-19(26)11-30-17-8-5-15(23)9-14(17)10-18-20(27)25(22(31)32-18)13(2)21(28)29/h3-10,13H,11H2,1-2H3,(H,24,26)(H,28,29)/b18-10-. The van der Waals surface area contributed by atoms with Crippen molar-refractivity contribution in [2.75, 3.05) is 11.9 Å². The van der Waals surface area contributed by atoms with E-state index in [1.165, 1.54) is 6.92 Å². The number of ether oxygens (including phenoxy) is 1. The second kappa shape index (κ2) is 10.3. The number of aryl methyl sites for hydroxylation is 1. The van der Waals surface area contributed by atoms with E-state index in [0.29, 0.717) is 17.0 Å². The first-order valence-corrected chi connectivity index (χ1v) is 11.5. The van der Waals surface area contributed by atoms with E-state index in [0.717, 1.165) is 26.7 Å². The van der Waals surface area contributed by atoms with E-state index >= 15 is 0 Å². The van der Waals surface area contributed by atoms with E-state index < -0.39 is 17.9 Å². The highest BCUT2D eigenvalue weighted by atomic mass is 79.9. The number of carbonyl (C=O) groups excluding carboxylic acids is 2. The summed E-state index contributed by atoms with van der Waals surface area (Å²) < 4.78 is 6.61. The molecule has 2 aromatic rings. The van der Waals surface area contributed by atoms with Gasteiger partial charge in [-0.3, -0.25) is 14.5 Å². The van der Waals surface area contributed by atoms with Crippen molar-refractivity contribution >= 4 is 73.8 Å². The number of thiocarbonyl (C=S) groups is 1. The van der Waals surface area contributed by atoms with Crippen molar-refractivity contribution in [2.24, 2.45) is 0 Å². The van der Waals surface area contributed by atoms with Crippen LogP contribution in [0.2, 0.25) is 0 Å². The van der Waals surface area contributed by atoms with Gasteiger partial charge < -0.3 is 15.2 Å². The maximum Gasteiger partial charge on any atom is 0.326 e. The molecule has 7 nitrogen and oxygen atoms in total. The first-order valence-electron chi connectivity index (χ1n) is 9.44. The summed E-state index contributed by atoms with van der Waals surface area (Å²) in [5, 5.41) is 12.0.